The lowest BCUT2D eigenvalue weighted by molar-refractivity contribution is -0.132. The average Bonchev–Trinajstić information content (AvgIpc) is 3.39. The molecular weight excluding hydrogens is 386 g/mol. The van der Waals surface area contributed by atoms with E-state index in [4.69, 9.17) is 4.42 Å². The van der Waals surface area contributed by atoms with Crippen molar-refractivity contribution in [3.63, 3.8) is 0 Å². The Labute approximate surface area is 173 Å². The van der Waals surface area contributed by atoms with Crippen LogP contribution in [0.5, 0.6) is 0 Å². The van der Waals surface area contributed by atoms with Crippen LogP contribution in [0.3, 0.4) is 0 Å². The molecule has 0 unspecified atom stereocenters. The molecule has 0 saturated heterocycles. The number of nitrogens with one attached hydrogen (secondary N) is 1. The molecule has 1 aromatic carbocycles. The highest BCUT2D eigenvalue weighted by atomic mass is 32.1. The number of aryl methyl sites for hydroxylation is 1. The Bertz CT molecular complexity index is 1020. The fourth-order valence-electron chi connectivity index (χ4n) is 3.48. The number of carbonyl (C=O) groups excluding carboxylic acids is 2. The first-order chi connectivity index (χ1) is 14.1. The largest absolute Gasteiger partial charge is 0.462 e. The van der Waals surface area contributed by atoms with Crippen molar-refractivity contribution in [2.45, 2.75) is 32.7 Å². The summed E-state index contributed by atoms with van der Waals surface area (Å²) in [4.78, 5) is 31.0. The van der Waals surface area contributed by atoms with Crippen molar-refractivity contribution in [3.05, 3.63) is 63.7 Å². The molecule has 0 aliphatic carbocycles. The van der Waals surface area contributed by atoms with Gasteiger partial charge in [0.25, 0.3) is 5.91 Å². The first-order valence-corrected chi connectivity index (χ1v) is 10.6. The minimum atomic E-state index is -0.202. The molecule has 3 heterocycles. The molecule has 1 aliphatic rings. The minimum absolute atomic E-state index is 0.137. The normalized spacial score (nSPS) is 13.2. The average molecular weight is 410 g/mol. The number of amides is 2. The Hall–Kier alpha value is -2.93. The van der Waals surface area contributed by atoms with E-state index in [0.717, 1.165) is 23.7 Å². The van der Waals surface area contributed by atoms with Crippen LogP contribution in [0.2, 0.25) is 0 Å². The molecule has 2 amide bonds. The van der Waals surface area contributed by atoms with Crippen molar-refractivity contribution in [2.75, 3.05) is 13.1 Å². The van der Waals surface area contributed by atoms with Crippen LogP contribution in [0.15, 0.2) is 46.4 Å². The van der Waals surface area contributed by atoms with Crippen molar-refractivity contribution in [1.82, 2.24) is 15.2 Å². The summed E-state index contributed by atoms with van der Waals surface area (Å²) in [5, 5.41) is 5.71. The summed E-state index contributed by atoms with van der Waals surface area (Å²) >= 11 is 1.54. The van der Waals surface area contributed by atoms with Gasteiger partial charge in [-0.15, -0.1) is 11.3 Å². The molecule has 1 aliphatic heterocycles. The van der Waals surface area contributed by atoms with Crippen molar-refractivity contribution in [3.8, 4) is 11.5 Å². The third kappa shape index (κ3) is 4.56. The van der Waals surface area contributed by atoms with Gasteiger partial charge in [0.2, 0.25) is 5.91 Å². The first-order valence-electron chi connectivity index (χ1n) is 9.74. The zero-order valence-electron chi connectivity index (χ0n) is 16.3. The number of carbonyl (C=O) groups is 2. The molecule has 3 aromatic rings. The van der Waals surface area contributed by atoms with Crippen LogP contribution in [0.4, 0.5) is 0 Å². The summed E-state index contributed by atoms with van der Waals surface area (Å²) < 4.78 is 5.46. The van der Waals surface area contributed by atoms with Crippen molar-refractivity contribution < 1.29 is 14.0 Å². The zero-order valence-corrected chi connectivity index (χ0v) is 17.1. The monoisotopic (exact) mass is 409 g/mol. The third-order valence-electron chi connectivity index (χ3n) is 5.07. The van der Waals surface area contributed by atoms with Gasteiger partial charge < -0.3 is 14.6 Å². The molecule has 6 nitrogen and oxygen atoms in total. The molecular formula is C22H23N3O3S. The van der Waals surface area contributed by atoms with Crippen molar-refractivity contribution in [1.29, 1.82) is 0 Å². The second kappa shape index (κ2) is 8.61. The minimum Gasteiger partial charge on any atom is -0.462 e. The van der Waals surface area contributed by atoms with Crippen LogP contribution in [0, 0.1) is 6.92 Å². The summed E-state index contributed by atoms with van der Waals surface area (Å²) in [6.45, 7) is 3.81. The standard InChI is InChI=1S/C22H23N3O3S/c1-15-24-19(14-29-15)20-11-18(13-28-20)22(27)23-9-4-7-21(26)25-10-8-16-5-2-3-6-17(16)12-25/h2-3,5-6,11,13-14H,4,7-10,12H2,1H3,(H,23,27). The van der Waals surface area contributed by atoms with Crippen LogP contribution in [-0.4, -0.2) is 34.8 Å². The van der Waals surface area contributed by atoms with Crippen LogP contribution >= 0.6 is 11.3 Å². The highest BCUT2D eigenvalue weighted by Gasteiger charge is 2.20. The van der Waals surface area contributed by atoms with E-state index in [9.17, 15) is 9.59 Å². The van der Waals surface area contributed by atoms with E-state index >= 15 is 0 Å². The summed E-state index contributed by atoms with van der Waals surface area (Å²) in [7, 11) is 0. The van der Waals surface area contributed by atoms with E-state index in [-0.39, 0.29) is 11.8 Å². The van der Waals surface area contributed by atoms with E-state index in [1.165, 1.54) is 28.7 Å². The molecule has 0 bridgehead atoms. The third-order valence-corrected chi connectivity index (χ3v) is 5.84. The zero-order chi connectivity index (χ0) is 20.2. The molecule has 0 fully saturated rings. The lowest BCUT2D eigenvalue weighted by Crippen LogP contribution is -2.36. The maximum Gasteiger partial charge on any atom is 0.254 e. The maximum atomic E-state index is 12.5. The highest BCUT2D eigenvalue weighted by molar-refractivity contribution is 7.09. The molecule has 0 atom stereocenters. The van der Waals surface area contributed by atoms with Gasteiger partial charge in [-0.1, -0.05) is 24.3 Å². The van der Waals surface area contributed by atoms with E-state index < -0.39 is 0 Å². The summed E-state index contributed by atoms with van der Waals surface area (Å²) in [5.74, 6) is 0.518. The van der Waals surface area contributed by atoms with Crippen LogP contribution < -0.4 is 5.32 Å². The Morgan fingerprint density at radius 1 is 1.28 bits per heavy atom. The van der Waals surface area contributed by atoms with Gasteiger partial charge in [0.1, 0.15) is 12.0 Å². The SMILES string of the molecule is Cc1nc(-c2cc(C(=O)NCCCC(=O)N3CCc4ccccc4C3)co2)cs1. The van der Waals surface area contributed by atoms with Gasteiger partial charge in [0.15, 0.2) is 5.76 Å². The van der Waals surface area contributed by atoms with Crippen molar-refractivity contribution >= 4 is 23.2 Å². The molecule has 0 saturated carbocycles. The highest BCUT2D eigenvalue weighted by Crippen LogP contribution is 2.24. The second-order valence-electron chi connectivity index (χ2n) is 7.14. The number of furan rings is 1. The molecule has 4 rings (SSSR count). The summed E-state index contributed by atoms with van der Waals surface area (Å²) in [6.07, 6.45) is 3.38. The smallest absolute Gasteiger partial charge is 0.254 e. The predicted octanol–water partition coefficient (Wildman–Crippen LogP) is 3.81. The fraction of sp³-hybridized carbons (Fsp3) is 0.318. The number of thiazole rings is 1. The molecule has 150 valence electrons. The van der Waals surface area contributed by atoms with Crippen LogP contribution in [0.1, 0.15) is 39.3 Å². The Kier molecular flexibility index (Phi) is 5.76. The number of aromatic nitrogens is 1. The number of hydrogen-bond acceptors (Lipinski definition) is 5. The second-order valence-corrected chi connectivity index (χ2v) is 8.21. The Balaban J connectivity index is 1.22. The fourth-order valence-corrected chi connectivity index (χ4v) is 4.08. The molecule has 0 spiro atoms. The Morgan fingerprint density at radius 2 is 2.10 bits per heavy atom. The summed E-state index contributed by atoms with van der Waals surface area (Å²) in [5.41, 5.74) is 3.76. The van der Waals surface area contributed by atoms with Gasteiger partial charge in [-0.3, -0.25) is 9.59 Å². The number of rotatable bonds is 6. The number of benzene rings is 1. The van der Waals surface area contributed by atoms with Gasteiger partial charge in [0.05, 0.1) is 10.6 Å². The van der Waals surface area contributed by atoms with Gasteiger partial charge in [0, 0.05) is 31.4 Å². The quantitative estimate of drug-likeness (QED) is 0.628. The number of hydrogen-bond donors (Lipinski definition) is 1. The van der Waals surface area contributed by atoms with Crippen LogP contribution in [-0.2, 0) is 17.8 Å². The van der Waals surface area contributed by atoms with Gasteiger partial charge in [-0.25, -0.2) is 4.98 Å². The molecule has 2 aromatic heterocycles. The number of fused-ring (bicyclic) bond motifs is 1. The molecule has 1 N–H and O–H groups in total. The maximum absolute atomic E-state index is 12.5. The lowest BCUT2D eigenvalue weighted by Gasteiger charge is -2.29. The topological polar surface area (TPSA) is 75.4 Å². The molecule has 29 heavy (non-hydrogen) atoms. The van der Waals surface area contributed by atoms with Gasteiger partial charge >= 0.3 is 0 Å². The van der Waals surface area contributed by atoms with E-state index in [1.807, 2.05) is 29.3 Å². The number of nitrogens with zero attached hydrogens (tertiary/aromatic N) is 2. The molecule has 0 radical (unpaired) electrons. The molecule has 7 heteroatoms. The van der Waals surface area contributed by atoms with E-state index in [1.54, 1.807) is 6.07 Å². The van der Waals surface area contributed by atoms with Crippen LogP contribution in [0.25, 0.3) is 11.5 Å². The van der Waals surface area contributed by atoms with Crippen molar-refractivity contribution in [2.24, 2.45) is 0 Å². The van der Waals surface area contributed by atoms with E-state index in [2.05, 4.69) is 22.4 Å². The first kappa shape index (κ1) is 19.4. The van der Waals surface area contributed by atoms with E-state index in [0.29, 0.717) is 37.3 Å². The van der Waals surface area contributed by atoms with Gasteiger partial charge in [-0.2, -0.15) is 0 Å². The van der Waals surface area contributed by atoms with Gasteiger partial charge in [-0.05, 0) is 37.0 Å². The summed E-state index contributed by atoms with van der Waals surface area (Å²) in [6, 6.07) is 9.96. The Morgan fingerprint density at radius 3 is 2.90 bits per heavy atom. The lowest BCUT2D eigenvalue weighted by atomic mass is 9.99. The predicted molar refractivity (Wildman–Crippen MR) is 112 cm³/mol.